The third-order valence-corrected chi connectivity index (χ3v) is 4.26. The summed E-state index contributed by atoms with van der Waals surface area (Å²) in [7, 11) is -3.56. The molecule has 2 rings (SSSR count). The molecular weight excluding hydrogens is 262 g/mol. The van der Waals surface area contributed by atoms with Gasteiger partial charge in [-0.25, -0.2) is 13.1 Å². The smallest absolute Gasteiger partial charge is 0.241 e. The Balaban J connectivity index is 2.21. The van der Waals surface area contributed by atoms with Gasteiger partial charge >= 0.3 is 0 Å². The van der Waals surface area contributed by atoms with Gasteiger partial charge in [-0.05, 0) is 42.3 Å². The molecule has 6 heteroatoms. The van der Waals surface area contributed by atoms with E-state index in [2.05, 4.69) is 9.71 Å². The van der Waals surface area contributed by atoms with Gasteiger partial charge in [-0.1, -0.05) is 6.07 Å². The molecule has 3 N–H and O–H groups in total. The van der Waals surface area contributed by atoms with Gasteiger partial charge < -0.3 is 5.73 Å². The highest BCUT2D eigenvalue weighted by atomic mass is 32.2. The lowest BCUT2D eigenvalue weighted by Gasteiger charge is -2.10. The predicted octanol–water partition coefficient (Wildman–Crippen LogP) is 1.45. The number of aromatic nitrogens is 1. The molecule has 1 heterocycles. The van der Waals surface area contributed by atoms with Crippen LogP contribution in [0, 0.1) is 6.92 Å². The lowest BCUT2D eigenvalue weighted by atomic mass is 10.2. The number of hydrogen-bond donors (Lipinski definition) is 2. The molecule has 0 unspecified atom stereocenters. The van der Waals surface area contributed by atoms with Crippen LogP contribution in [0.1, 0.15) is 11.1 Å². The highest BCUT2D eigenvalue weighted by molar-refractivity contribution is 7.89. The monoisotopic (exact) mass is 277 g/mol. The lowest BCUT2D eigenvalue weighted by Crippen LogP contribution is -2.24. The summed E-state index contributed by atoms with van der Waals surface area (Å²) in [6.07, 6.45) is 3.24. The zero-order chi connectivity index (χ0) is 13.9. The molecule has 0 aliphatic heterocycles. The lowest BCUT2D eigenvalue weighted by molar-refractivity contribution is 0.580. The third-order valence-electron chi connectivity index (χ3n) is 2.72. The normalized spacial score (nSPS) is 11.4. The number of nitrogens with two attached hydrogens (primary N) is 1. The summed E-state index contributed by atoms with van der Waals surface area (Å²) in [6.45, 7) is 1.96. The first kappa shape index (κ1) is 13.5. The molecule has 5 nitrogen and oxygen atoms in total. The van der Waals surface area contributed by atoms with Crippen molar-refractivity contribution in [1.82, 2.24) is 9.71 Å². The van der Waals surface area contributed by atoms with E-state index in [9.17, 15) is 8.42 Å². The summed E-state index contributed by atoms with van der Waals surface area (Å²) in [4.78, 5) is 4.09. The van der Waals surface area contributed by atoms with E-state index in [1.165, 1.54) is 6.07 Å². The fraction of sp³-hybridized carbons (Fsp3) is 0.154. The van der Waals surface area contributed by atoms with Gasteiger partial charge in [0, 0.05) is 24.6 Å². The number of aryl methyl sites for hydroxylation is 1. The van der Waals surface area contributed by atoms with Crippen molar-refractivity contribution in [1.29, 1.82) is 0 Å². The minimum absolute atomic E-state index is 0.210. The van der Waals surface area contributed by atoms with Crippen LogP contribution in [0.4, 0.5) is 5.69 Å². The molecular formula is C13H15N3O2S. The van der Waals surface area contributed by atoms with Gasteiger partial charge in [0.15, 0.2) is 0 Å². The number of hydrogen-bond acceptors (Lipinski definition) is 4. The van der Waals surface area contributed by atoms with Crippen molar-refractivity contribution in [2.24, 2.45) is 0 Å². The van der Waals surface area contributed by atoms with E-state index in [4.69, 9.17) is 5.73 Å². The van der Waals surface area contributed by atoms with Crippen molar-refractivity contribution in [2.45, 2.75) is 18.4 Å². The Labute approximate surface area is 112 Å². The van der Waals surface area contributed by atoms with E-state index in [-0.39, 0.29) is 11.4 Å². The van der Waals surface area contributed by atoms with Crippen LogP contribution >= 0.6 is 0 Å². The maximum absolute atomic E-state index is 12.2. The average molecular weight is 277 g/mol. The number of nitrogens with zero attached hydrogens (tertiary/aromatic N) is 1. The van der Waals surface area contributed by atoms with E-state index in [1.54, 1.807) is 43.6 Å². The van der Waals surface area contributed by atoms with Crippen LogP contribution in [-0.2, 0) is 16.6 Å². The summed E-state index contributed by atoms with van der Waals surface area (Å²) in [5.74, 6) is 0. The van der Waals surface area contributed by atoms with Crippen LogP contribution in [0.15, 0.2) is 47.6 Å². The predicted molar refractivity (Wildman–Crippen MR) is 73.9 cm³/mol. The van der Waals surface area contributed by atoms with Gasteiger partial charge in [0.05, 0.1) is 4.90 Å². The van der Waals surface area contributed by atoms with Gasteiger partial charge in [0.25, 0.3) is 0 Å². The molecule has 1 aromatic carbocycles. The summed E-state index contributed by atoms with van der Waals surface area (Å²) in [5.41, 5.74) is 7.57. The quantitative estimate of drug-likeness (QED) is 0.828. The second-order valence-electron chi connectivity index (χ2n) is 4.20. The van der Waals surface area contributed by atoms with Crippen molar-refractivity contribution >= 4 is 15.7 Å². The molecule has 100 valence electrons. The molecule has 0 amide bonds. The third kappa shape index (κ3) is 3.30. The Kier molecular flexibility index (Phi) is 3.82. The van der Waals surface area contributed by atoms with E-state index in [1.807, 2.05) is 0 Å². The summed E-state index contributed by atoms with van der Waals surface area (Å²) in [5, 5.41) is 0. The summed E-state index contributed by atoms with van der Waals surface area (Å²) in [6, 6.07) is 8.35. The van der Waals surface area contributed by atoms with Crippen LogP contribution < -0.4 is 10.5 Å². The molecule has 19 heavy (non-hydrogen) atoms. The molecule has 1 aromatic heterocycles. The summed E-state index contributed by atoms with van der Waals surface area (Å²) < 4.78 is 26.9. The van der Waals surface area contributed by atoms with Gasteiger partial charge in [0.2, 0.25) is 10.0 Å². The molecule has 0 atom stereocenters. The van der Waals surface area contributed by atoms with Crippen LogP contribution in [-0.4, -0.2) is 13.4 Å². The zero-order valence-electron chi connectivity index (χ0n) is 10.5. The fourth-order valence-electron chi connectivity index (χ4n) is 1.66. The highest BCUT2D eigenvalue weighted by Crippen LogP contribution is 2.18. The SMILES string of the molecule is Cc1ccc(N)cc1S(=O)(=O)NCc1ccncc1. The number of benzene rings is 1. The molecule has 0 aliphatic rings. The summed E-state index contributed by atoms with van der Waals surface area (Å²) >= 11 is 0. The van der Waals surface area contributed by atoms with Crippen LogP contribution in [0.25, 0.3) is 0 Å². The molecule has 0 saturated heterocycles. The molecule has 0 fully saturated rings. The number of anilines is 1. The van der Waals surface area contributed by atoms with Crippen LogP contribution in [0.2, 0.25) is 0 Å². The first-order valence-corrected chi connectivity index (χ1v) is 7.22. The number of pyridine rings is 1. The standard InChI is InChI=1S/C13H15N3O2S/c1-10-2-3-12(14)8-13(10)19(17,18)16-9-11-4-6-15-7-5-11/h2-8,16H,9,14H2,1H3. The van der Waals surface area contributed by atoms with Gasteiger partial charge in [-0.3, -0.25) is 4.98 Å². The minimum Gasteiger partial charge on any atom is -0.399 e. The number of nitrogen functional groups attached to an aromatic ring is 1. The Hall–Kier alpha value is -1.92. The van der Waals surface area contributed by atoms with Crippen LogP contribution in [0.5, 0.6) is 0 Å². The largest absolute Gasteiger partial charge is 0.399 e. The molecule has 0 spiro atoms. The number of nitrogens with one attached hydrogen (secondary N) is 1. The van der Waals surface area contributed by atoms with Gasteiger partial charge in [-0.15, -0.1) is 0 Å². The Morgan fingerprint density at radius 3 is 2.58 bits per heavy atom. The van der Waals surface area contributed by atoms with Crippen molar-refractivity contribution in [2.75, 3.05) is 5.73 Å². The topological polar surface area (TPSA) is 85.1 Å². The van der Waals surface area contributed by atoms with Gasteiger partial charge in [-0.2, -0.15) is 0 Å². The Morgan fingerprint density at radius 1 is 1.21 bits per heavy atom. The van der Waals surface area contributed by atoms with Crippen molar-refractivity contribution < 1.29 is 8.42 Å². The van der Waals surface area contributed by atoms with Gasteiger partial charge in [0.1, 0.15) is 0 Å². The second-order valence-corrected chi connectivity index (χ2v) is 5.94. The highest BCUT2D eigenvalue weighted by Gasteiger charge is 2.16. The molecule has 0 bridgehead atoms. The van der Waals surface area contributed by atoms with E-state index in [0.717, 1.165) is 5.56 Å². The Bertz CT molecular complexity index is 670. The first-order chi connectivity index (χ1) is 8.99. The zero-order valence-corrected chi connectivity index (χ0v) is 11.3. The minimum atomic E-state index is -3.56. The number of rotatable bonds is 4. The maximum Gasteiger partial charge on any atom is 0.241 e. The van der Waals surface area contributed by atoms with Crippen molar-refractivity contribution in [3.05, 3.63) is 53.9 Å². The van der Waals surface area contributed by atoms with E-state index < -0.39 is 10.0 Å². The van der Waals surface area contributed by atoms with Crippen molar-refractivity contribution in [3.63, 3.8) is 0 Å². The van der Waals surface area contributed by atoms with Crippen molar-refractivity contribution in [3.8, 4) is 0 Å². The second kappa shape index (κ2) is 5.38. The fourth-order valence-corrected chi connectivity index (χ4v) is 2.96. The average Bonchev–Trinajstić information content (AvgIpc) is 2.40. The maximum atomic E-state index is 12.2. The molecule has 0 aliphatic carbocycles. The number of sulfonamides is 1. The first-order valence-electron chi connectivity index (χ1n) is 5.74. The van der Waals surface area contributed by atoms with E-state index in [0.29, 0.717) is 11.3 Å². The Morgan fingerprint density at radius 2 is 1.89 bits per heavy atom. The molecule has 0 radical (unpaired) electrons. The van der Waals surface area contributed by atoms with E-state index >= 15 is 0 Å². The molecule has 2 aromatic rings. The van der Waals surface area contributed by atoms with Crippen LogP contribution in [0.3, 0.4) is 0 Å². The molecule has 0 saturated carbocycles.